The van der Waals surface area contributed by atoms with Crippen molar-refractivity contribution in [2.45, 2.75) is 346 Å². The largest absolute Gasteiger partial charge is 0.370 e. The maximum atomic E-state index is 10.8. The highest BCUT2D eigenvalue weighted by molar-refractivity contribution is 5.73. The van der Waals surface area contributed by atoms with Gasteiger partial charge in [-0.3, -0.25) is 9.59 Å². The summed E-state index contributed by atoms with van der Waals surface area (Å²) in [5.41, 5.74) is 16.5. The van der Waals surface area contributed by atoms with Crippen molar-refractivity contribution in [1.82, 2.24) is 5.32 Å². The molecule has 0 aromatic heterocycles. The van der Waals surface area contributed by atoms with Gasteiger partial charge >= 0.3 is 0 Å². The first-order chi connectivity index (χ1) is 31.6. The Labute approximate surface area is 401 Å². The van der Waals surface area contributed by atoms with Crippen LogP contribution in [0.25, 0.3) is 0 Å². The summed E-state index contributed by atoms with van der Waals surface area (Å²) in [7, 11) is 0. The van der Waals surface area contributed by atoms with Crippen LogP contribution in [-0.4, -0.2) is 30.9 Å². The lowest BCUT2D eigenvalue weighted by Crippen LogP contribution is -2.36. The van der Waals surface area contributed by atoms with Gasteiger partial charge in [-0.2, -0.15) is 0 Å². The van der Waals surface area contributed by atoms with E-state index in [1.165, 1.54) is 302 Å². The van der Waals surface area contributed by atoms with Gasteiger partial charge in [0, 0.05) is 25.4 Å². The Balaban J connectivity index is 3.22. The number of primary amides is 2. The SMILES string of the molecule is NCC(CCCCCCCCCCCCCCCCCCCCCCCCCCCC(N)=O)NCCCCCCCCCCCCCCCCCCCCCCCCCCCC(N)=O. The number of carbonyl (C=O) groups is 2. The number of carbonyl (C=O) groups excluding carboxylic acids is 2. The normalized spacial score (nSPS) is 12.1. The van der Waals surface area contributed by atoms with E-state index in [1.54, 1.807) is 0 Å². The molecule has 0 saturated carbocycles. The molecule has 382 valence electrons. The summed E-state index contributed by atoms with van der Waals surface area (Å²) in [6.45, 7) is 1.94. The molecular formula is C58H118N4O2. The molecule has 0 heterocycles. The average Bonchev–Trinajstić information content (AvgIpc) is 3.28. The Hall–Kier alpha value is -1.14. The lowest BCUT2D eigenvalue weighted by atomic mass is 10.0. The van der Waals surface area contributed by atoms with E-state index in [0.717, 1.165) is 38.8 Å². The molecule has 0 aliphatic heterocycles. The van der Waals surface area contributed by atoms with Crippen LogP contribution in [0, 0.1) is 0 Å². The van der Waals surface area contributed by atoms with Gasteiger partial charge in [-0.25, -0.2) is 0 Å². The molecule has 0 aliphatic carbocycles. The molecule has 0 aliphatic rings. The van der Waals surface area contributed by atoms with Crippen molar-refractivity contribution in [3.8, 4) is 0 Å². The van der Waals surface area contributed by atoms with E-state index in [2.05, 4.69) is 5.32 Å². The Morgan fingerprint density at radius 1 is 0.266 bits per heavy atom. The molecule has 0 saturated heterocycles. The number of nitrogens with two attached hydrogens (primary N) is 3. The second-order valence-electron chi connectivity index (χ2n) is 20.8. The Bertz CT molecular complexity index is 900. The quantitative estimate of drug-likeness (QED) is 0.0454. The first kappa shape index (κ1) is 62.9. The fraction of sp³-hybridized carbons (Fsp3) is 0.966. The molecular weight excluding hydrogens is 785 g/mol. The van der Waals surface area contributed by atoms with Crippen molar-refractivity contribution < 1.29 is 9.59 Å². The van der Waals surface area contributed by atoms with E-state index in [1.807, 2.05) is 0 Å². The topological polar surface area (TPSA) is 124 Å². The van der Waals surface area contributed by atoms with Gasteiger partial charge in [0.1, 0.15) is 0 Å². The van der Waals surface area contributed by atoms with E-state index in [0.29, 0.717) is 18.9 Å². The summed E-state index contributed by atoms with van der Waals surface area (Å²) in [5.74, 6) is -0.301. The van der Waals surface area contributed by atoms with Crippen molar-refractivity contribution in [2.24, 2.45) is 17.2 Å². The number of unbranched alkanes of at least 4 members (excludes halogenated alkanes) is 48. The highest BCUT2D eigenvalue weighted by Gasteiger charge is 2.06. The third kappa shape index (κ3) is 57.0. The Morgan fingerprint density at radius 3 is 0.625 bits per heavy atom. The van der Waals surface area contributed by atoms with E-state index < -0.39 is 0 Å². The number of amides is 2. The van der Waals surface area contributed by atoms with Crippen molar-refractivity contribution in [1.29, 1.82) is 0 Å². The van der Waals surface area contributed by atoms with Crippen LogP contribution >= 0.6 is 0 Å². The van der Waals surface area contributed by atoms with Crippen molar-refractivity contribution in [3.05, 3.63) is 0 Å². The maximum absolute atomic E-state index is 10.8. The Kier molecular flexibility index (Phi) is 55.2. The highest BCUT2D eigenvalue weighted by Crippen LogP contribution is 2.19. The molecule has 0 aromatic carbocycles. The molecule has 1 unspecified atom stereocenters. The minimum atomic E-state index is -0.151. The molecule has 64 heavy (non-hydrogen) atoms. The second-order valence-corrected chi connectivity index (χ2v) is 20.8. The van der Waals surface area contributed by atoms with E-state index in [-0.39, 0.29) is 11.8 Å². The average molecular weight is 904 g/mol. The standard InChI is InChI=1S/C58H118N4O2/c59-55-56(51-47-43-39-35-31-27-23-19-15-11-7-3-1-4-8-12-16-20-24-28-32-36-40-44-48-52-57(60)63)62-54-50-46-42-38-34-30-26-22-18-14-10-6-2-5-9-13-17-21-25-29-33-37-41-45-49-53-58(61)64/h56,62H,1-55,59H2,(H2,60,63)(H2,61,64). The van der Waals surface area contributed by atoms with Gasteiger partial charge in [0.15, 0.2) is 0 Å². The van der Waals surface area contributed by atoms with E-state index in [9.17, 15) is 9.59 Å². The smallest absolute Gasteiger partial charge is 0.217 e. The van der Waals surface area contributed by atoms with Crippen LogP contribution in [-0.2, 0) is 9.59 Å². The van der Waals surface area contributed by atoms with Crippen LogP contribution in [0.4, 0.5) is 0 Å². The predicted molar refractivity (Wildman–Crippen MR) is 284 cm³/mol. The fourth-order valence-corrected chi connectivity index (χ4v) is 9.86. The maximum Gasteiger partial charge on any atom is 0.217 e. The van der Waals surface area contributed by atoms with Crippen molar-refractivity contribution in [3.63, 3.8) is 0 Å². The summed E-state index contributed by atoms with van der Waals surface area (Å²) in [6.07, 6.45) is 71.7. The summed E-state index contributed by atoms with van der Waals surface area (Å²) in [4.78, 5) is 21.5. The number of rotatable bonds is 58. The third-order valence-electron chi connectivity index (χ3n) is 14.3. The minimum Gasteiger partial charge on any atom is -0.370 e. The van der Waals surface area contributed by atoms with E-state index in [4.69, 9.17) is 17.2 Å². The molecule has 0 fully saturated rings. The van der Waals surface area contributed by atoms with E-state index >= 15 is 0 Å². The highest BCUT2D eigenvalue weighted by atomic mass is 16.1. The van der Waals surface area contributed by atoms with Crippen molar-refractivity contribution in [2.75, 3.05) is 13.1 Å². The molecule has 1 atom stereocenters. The third-order valence-corrected chi connectivity index (χ3v) is 14.3. The molecule has 0 bridgehead atoms. The number of hydrogen-bond acceptors (Lipinski definition) is 4. The van der Waals surface area contributed by atoms with Crippen molar-refractivity contribution >= 4 is 11.8 Å². The van der Waals surface area contributed by atoms with Crippen LogP contribution in [0.2, 0.25) is 0 Å². The number of hydrogen-bond donors (Lipinski definition) is 4. The summed E-state index contributed by atoms with van der Waals surface area (Å²) < 4.78 is 0. The summed E-state index contributed by atoms with van der Waals surface area (Å²) >= 11 is 0. The van der Waals surface area contributed by atoms with Crippen LogP contribution < -0.4 is 22.5 Å². The first-order valence-corrected chi connectivity index (χ1v) is 29.6. The van der Waals surface area contributed by atoms with Crippen LogP contribution in [0.15, 0.2) is 0 Å². The molecule has 6 nitrogen and oxygen atoms in total. The van der Waals surface area contributed by atoms with Gasteiger partial charge in [-0.15, -0.1) is 0 Å². The fourth-order valence-electron chi connectivity index (χ4n) is 9.86. The van der Waals surface area contributed by atoms with Gasteiger partial charge < -0.3 is 22.5 Å². The minimum absolute atomic E-state index is 0.151. The molecule has 0 radical (unpaired) electrons. The molecule has 7 N–H and O–H groups in total. The lowest BCUT2D eigenvalue weighted by Gasteiger charge is -2.16. The zero-order chi connectivity index (χ0) is 46.3. The zero-order valence-electron chi connectivity index (χ0n) is 43.5. The zero-order valence-corrected chi connectivity index (χ0v) is 43.5. The van der Waals surface area contributed by atoms with Crippen LogP contribution in [0.1, 0.15) is 340 Å². The van der Waals surface area contributed by atoms with Gasteiger partial charge in [-0.05, 0) is 32.2 Å². The van der Waals surface area contributed by atoms with Gasteiger partial charge in [-0.1, -0.05) is 302 Å². The summed E-state index contributed by atoms with van der Waals surface area (Å²) in [5, 5.41) is 3.77. The molecule has 0 spiro atoms. The summed E-state index contributed by atoms with van der Waals surface area (Å²) in [6, 6.07) is 0.523. The second kappa shape index (κ2) is 56.2. The van der Waals surface area contributed by atoms with Gasteiger partial charge in [0.05, 0.1) is 0 Å². The lowest BCUT2D eigenvalue weighted by molar-refractivity contribution is -0.119. The predicted octanol–water partition coefficient (Wildman–Crippen LogP) is 17.5. The number of nitrogens with one attached hydrogen (secondary N) is 1. The Morgan fingerprint density at radius 2 is 0.438 bits per heavy atom. The molecule has 6 heteroatoms. The first-order valence-electron chi connectivity index (χ1n) is 29.6. The van der Waals surface area contributed by atoms with Crippen LogP contribution in [0.3, 0.4) is 0 Å². The molecule has 2 amide bonds. The molecule has 0 rings (SSSR count). The van der Waals surface area contributed by atoms with Crippen LogP contribution in [0.5, 0.6) is 0 Å². The van der Waals surface area contributed by atoms with Gasteiger partial charge in [0.25, 0.3) is 0 Å². The van der Waals surface area contributed by atoms with Gasteiger partial charge in [0.2, 0.25) is 11.8 Å². The monoisotopic (exact) mass is 903 g/mol. The molecule has 0 aromatic rings.